The Labute approximate surface area is 145 Å². The molecule has 5 nitrogen and oxygen atoms in total. The molecule has 2 N–H and O–H groups in total. The lowest BCUT2D eigenvalue weighted by Gasteiger charge is -2.33. The number of nitrogens with zero attached hydrogens (tertiary/aromatic N) is 1. The van der Waals surface area contributed by atoms with Crippen molar-refractivity contribution in [1.82, 2.24) is 10.2 Å². The predicted octanol–water partition coefficient (Wildman–Crippen LogP) is 3.77. The van der Waals surface area contributed by atoms with Crippen molar-refractivity contribution in [1.29, 1.82) is 0 Å². The van der Waals surface area contributed by atoms with Crippen LogP contribution in [0, 0.1) is 11.8 Å². The smallest absolute Gasteiger partial charge is 0.317 e. The lowest BCUT2D eigenvalue weighted by molar-refractivity contribution is -0.142. The summed E-state index contributed by atoms with van der Waals surface area (Å²) < 4.78 is 0. The zero-order chi connectivity index (χ0) is 16.9. The molecule has 1 saturated heterocycles. The first-order valence-corrected chi connectivity index (χ1v) is 9.93. The number of hydrogen-bond acceptors (Lipinski definition) is 2. The summed E-state index contributed by atoms with van der Waals surface area (Å²) in [5.41, 5.74) is 0. The Kier molecular flexibility index (Phi) is 6.01. The van der Waals surface area contributed by atoms with E-state index in [2.05, 4.69) is 10.2 Å². The van der Waals surface area contributed by atoms with E-state index in [-0.39, 0.29) is 18.0 Å². The molecule has 1 aliphatic heterocycles. The Morgan fingerprint density at radius 3 is 2.29 bits per heavy atom. The fourth-order valence-electron chi connectivity index (χ4n) is 4.90. The normalized spacial score (nSPS) is 31.8. The topological polar surface area (TPSA) is 69.6 Å². The van der Waals surface area contributed by atoms with Crippen LogP contribution in [-0.2, 0) is 4.79 Å². The van der Waals surface area contributed by atoms with Crippen LogP contribution in [0.3, 0.4) is 0 Å². The SMILES string of the molecule is O=C(O)C1CCC(NC(=O)N2CCCC2CC2CCCCC2)CC1. The molecule has 136 valence electrons. The van der Waals surface area contributed by atoms with Gasteiger partial charge in [-0.1, -0.05) is 32.1 Å². The zero-order valence-corrected chi connectivity index (χ0v) is 14.7. The van der Waals surface area contributed by atoms with Crippen LogP contribution in [-0.4, -0.2) is 40.6 Å². The van der Waals surface area contributed by atoms with Gasteiger partial charge in [0.05, 0.1) is 5.92 Å². The Balaban J connectivity index is 1.46. The molecule has 0 spiro atoms. The third-order valence-corrected chi connectivity index (χ3v) is 6.37. The molecule has 1 heterocycles. The maximum absolute atomic E-state index is 12.7. The van der Waals surface area contributed by atoms with Crippen molar-refractivity contribution in [3.63, 3.8) is 0 Å². The molecule has 1 atom stereocenters. The van der Waals surface area contributed by atoms with E-state index in [9.17, 15) is 9.59 Å². The molecular weight excluding hydrogens is 304 g/mol. The molecule has 3 fully saturated rings. The first-order chi connectivity index (χ1) is 11.6. The fourth-order valence-corrected chi connectivity index (χ4v) is 4.90. The molecule has 5 heteroatoms. The van der Waals surface area contributed by atoms with Crippen LogP contribution in [0.2, 0.25) is 0 Å². The summed E-state index contributed by atoms with van der Waals surface area (Å²) in [4.78, 5) is 25.8. The summed E-state index contributed by atoms with van der Waals surface area (Å²) >= 11 is 0. The molecule has 2 amide bonds. The second-order valence-electron chi connectivity index (χ2n) is 8.07. The van der Waals surface area contributed by atoms with E-state index in [1.165, 1.54) is 38.5 Å². The Morgan fingerprint density at radius 2 is 1.62 bits per heavy atom. The number of urea groups is 1. The number of nitrogens with one attached hydrogen (secondary N) is 1. The molecule has 2 saturated carbocycles. The third-order valence-electron chi connectivity index (χ3n) is 6.37. The van der Waals surface area contributed by atoms with Crippen molar-refractivity contribution >= 4 is 12.0 Å². The van der Waals surface area contributed by atoms with E-state index in [1.54, 1.807) is 0 Å². The maximum atomic E-state index is 12.7. The second kappa shape index (κ2) is 8.21. The molecule has 2 aliphatic carbocycles. The van der Waals surface area contributed by atoms with E-state index in [4.69, 9.17) is 5.11 Å². The number of carboxylic acids is 1. The van der Waals surface area contributed by atoms with Crippen molar-refractivity contribution in [3.8, 4) is 0 Å². The van der Waals surface area contributed by atoms with Crippen molar-refractivity contribution in [2.45, 2.75) is 89.1 Å². The van der Waals surface area contributed by atoms with Gasteiger partial charge in [-0.3, -0.25) is 4.79 Å². The van der Waals surface area contributed by atoms with Gasteiger partial charge in [0.1, 0.15) is 0 Å². The van der Waals surface area contributed by atoms with Crippen molar-refractivity contribution < 1.29 is 14.7 Å². The van der Waals surface area contributed by atoms with E-state index < -0.39 is 5.97 Å². The van der Waals surface area contributed by atoms with Crippen LogP contribution in [0.4, 0.5) is 4.79 Å². The maximum Gasteiger partial charge on any atom is 0.317 e. The van der Waals surface area contributed by atoms with Gasteiger partial charge in [-0.05, 0) is 50.9 Å². The number of hydrogen-bond donors (Lipinski definition) is 2. The van der Waals surface area contributed by atoms with Gasteiger partial charge in [0.2, 0.25) is 0 Å². The highest BCUT2D eigenvalue weighted by Gasteiger charge is 2.33. The standard InChI is InChI=1S/C19H32N2O3/c22-18(23)15-8-10-16(11-9-15)20-19(24)21-12-4-7-17(21)13-14-5-2-1-3-6-14/h14-17H,1-13H2,(H,20,24)(H,22,23). The minimum Gasteiger partial charge on any atom is -0.481 e. The van der Waals surface area contributed by atoms with Crippen LogP contribution in [0.5, 0.6) is 0 Å². The number of aliphatic carboxylic acids is 1. The molecule has 0 aromatic carbocycles. The van der Waals surface area contributed by atoms with Gasteiger partial charge in [0.15, 0.2) is 0 Å². The van der Waals surface area contributed by atoms with E-state index in [1.807, 2.05) is 0 Å². The molecule has 0 bridgehead atoms. The summed E-state index contributed by atoms with van der Waals surface area (Å²) in [7, 11) is 0. The van der Waals surface area contributed by atoms with Crippen molar-refractivity contribution in [3.05, 3.63) is 0 Å². The van der Waals surface area contributed by atoms with Crippen LogP contribution < -0.4 is 5.32 Å². The third kappa shape index (κ3) is 4.42. The minimum absolute atomic E-state index is 0.0899. The minimum atomic E-state index is -0.688. The average molecular weight is 336 g/mol. The van der Waals surface area contributed by atoms with Gasteiger partial charge in [-0.15, -0.1) is 0 Å². The van der Waals surface area contributed by atoms with Crippen LogP contribution in [0.15, 0.2) is 0 Å². The summed E-state index contributed by atoms with van der Waals surface area (Å²) in [6.45, 7) is 0.883. The van der Waals surface area contributed by atoms with E-state index in [0.29, 0.717) is 18.9 Å². The lowest BCUT2D eigenvalue weighted by Crippen LogP contribution is -2.48. The largest absolute Gasteiger partial charge is 0.481 e. The van der Waals surface area contributed by atoms with Gasteiger partial charge in [-0.25, -0.2) is 4.79 Å². The summed E-state index contributed by atoms with van der Waals surface area (Å²) in [6, 6.07) is 0.666. The molecule has 3 rings (SSSR count). The number of rotatable bonds is 4. The van der Waals surface area contributed by atoms with Crippen molar-refractivity contribution in [2.75, 3.05) is 6.54 Å². The predicted molar refractivity (Wildman–Crippen MR) is 92.8 cm³/mol. The van der Waals surface area contributed by atoms with Gasteiger partial charge in [0.25, 0.3) is 0 Å². The molecule has 1 unspecified atom stereocenters. The molecule has 0 radical (unpaired) electrons. The van der Waals surface area contributed by atoms with Crippen LogP contribution >= 0.6 is 0 Å². The molecule has 24 heavy (non-hydrogen) atoms. The van der Waals surface area contributed by atoms with Gasteiger partial charge >= 0.3 is 12.0 Å². The monoisotopic (exact) mass is 336 g/mol. The summed E-state index contributed by atoms with van der Waals surface area (Å²) in [5, 5.41) is 12.3. The molecular formula is C19H32N2O3. The number of likely N-dealkylation sites (tertiary alicyclic amines) is 1. The summed E-state index contributed by atoms with van der Waals surface area (Å²) in [6.07, 6.45) is 13.2. The first-order valence-electron chi connectivity index (χ1n) is 9.93. The zero-order valence-electron chi connectivity index (χ0n) is 14.7. The molecule has 3 aliphatic rings. The number of carboxylic acid groups (broad SMARTS) is 1. The van der Waals surface area contributed by atoms with E-state index in [0.717, 1.165) is 38.1 Å². The Morgan fingerprint density at radius 1 is 0.917 bits per heavy atom. The fraction of sp³-hybridized carbons (Fsp3) is 0.895. The molecule has 0 aromatic rings. The van der Waals surface area contributed by atoms with Crippen LogP contribution in [0.25, 0.3) is 0 Å². The highest BCUT2D eigenvalue weighted by atomic mass is 16.4. The number of carbonyl (C=O) groups excluding carboxylic acids is 1. The van der Waals surface area contributed by atoms with Gasteiger partial charge in [0, 0.05) is 18.6 Å². The van der Waals surface area contributed by atoms with Crippen LogP contribution in [0.1, 0.15) is 77.0 Å². The average Bonchev–Trinajstić information content (AvgIpc) is 3.04. The Hall–Kier alpha value is -1.26. The van der Waals surface area contributed by atoms with E-state index >= 15 is 0 Å². The van der Waals surface area contributed by atoms with Crippen molar-refractivity contribution in [2.24, 2.45) is 11.8 Å². The second-order valence-corrected chi connectivity index (χ2v) is 8.07. The summed E-state index contributed by atoms with van der Waals surface area (Å²) in [5.74, 6) is -0.0981. The quantitative estimate of drug-likeness (QED) is 0.821. The first kappa shape index (κ1) is 17.6. The van der Waals surface area contributed by atoms with Gasteiger partial charge < -0.3 is 15.3 Å². The number of amides is 2. The highest BCUT2D eigenvalue weighted by molar-refractivity contribution is 5.75. The highest BCUT2D eigenvalue weighted by Crippen LogP contribution is 2.32. The number of carbonyl (C=O) groups is 2. The van der Waals surface area contributed by atoms with Gasteiger partial charge in [-0.2, -0.15) is 0 Å². The lowest BCUT2D eigenvalue weighted by atomic mass is 9.84. The molecule has 0 aromatic heterocycles. The Bertz CT molecular complexity index is 440.